The number of rotatable bonds is 5. The number of hydrogen-bond donors (Lipinski definition) is 1. The average Bonchev–Trinajstić information content (AvgIpc) is 3.09. The van der Waals surface area contributed by atoms with Crippen molar-refractivity contribution in [2.75, 3.05) is 0 Å². The number of hydrogen-bond acceptors (Lipinski definition) is 4. The second kappa shape index (κ2) is 7.75. The minimum atomic E-state index is -0.392. The Labute approximate surface area is 170 Å². The quantitative estimate of drug-likeness (QED) is 0.543. The molecule has 0 aliphatic rings. The number of fused-ring (bicyclic) bond motifs is 3. The van der Waals surface area contributed by atoms with E-state index in [1.807, 2.05) is 38.1 Å². The zero-order valence-corrected chi connectivity index (χ0v) is 17.0. The van der Waals surface area contributed by atoms with Crippen LogP contribution in [0.2, 0.25) is 0 Å². The van der Waals surface area contributed by atoms with Crippen LogP contribution in [0.1, 0.15) is 23.9 Å². The molecule has 4 aromatic rings. The molecular weight excluding hydrogens is 389 g/mol. The number of aromatic nitrogens is 2. The molecule has 0 bridgehead atoms. The van der Waals surface area contributed by atoms with Gasteiger partial charge in [-0.05, 0) is 24.6 Å². The minimum Gasteiger partial charge on any atom is -0.350 e. The van der Waals surface area contributed by atoms with Gasteiger partial charge in [0.2, 0.25) is 5.91 Å². The molecule has 0 atom stereocenters. The molecule has 0 radical (unpaired) electrons. The minimum absolute atomic E-state index is 0.118. The number of carbonyl (C=O) groups is 1. The van der Waals surface area contributed by atoms with Crippen LogP contribution in [0.3, 0.4) is 0 Å². The Morgan fingerprint density at radius 1 is 1.21 bits per heavy atom. The third-order valence-electron chi connectivity index (χ3n) is 4.86. The summed E-state index contributed by atoms with van der Waals surface area (Å²) in [5.74, 6) is -0.192. The van der Waals surface area contributed by atoms with Crippen LogP contribution in [-0.4, -0.2) is 15.5 Å². The lowest BCUT2D eigenvalue weighted by Crippen LogP contribution is -2.34. The molecule has 5 nitrogen and oxygen atoms in total. The maximum absolute atomic E-state index is 14.3. The molecule has 0 saturated carbocycles. The van der Waals surface area contributed by atoms with E-state index in [2.05, 4.69) is 10.3 Å². The normalized spacial score (nSPS) is 11.3. The monoisotopic (exact) mass is 409 g/mol. The Morgan fingerprint density at radius 2 is 1.97 bits per heavy atom. The van der Waals surface area contributed by atoms with E-state index in [-0.39, 0.29) is 18.0 Å². The summed E-state index contributed by atoms with van der Waals surface area (Å²) in [6.45, 7) is 4.13. The standard InChI is InChI=1S/C22H20FN3O2S/c1-3-17-25-20-19-15(23)5-4-6-16(19)29-21(20)22(28)26(17)12-18(27)24-11-14-9-7-13(2)8-10-14/h4-10H,3,11-12H2,1-2H3,(H,24,27). The van der Waals surface area contributed by atoms with Crippen LogP contribution in [0, 0.1) is 12.7 Å². The summed E-state index contributed by atoms with van der Waals surface area (Å²) in [5, 5.41) is 3.22. The van der Waals surface area contributed by atoms with Gasteiger partial charge in [0.15, 0.2) is 0 Å². The number of nitrogens with zero attached hydrogens (tertiary/aromatic N) is 2. The number of thiophene rings is 1. The Hall–Kier alpha value is -3.06. The van der Waals surface area contributed by atoms with Crippen molar-refractivity contribution in [3.63, 3.8) is 0 Å². The molecule has 1 amide bonds. The van der Waals surface area contributed by atoms with Crippen LogP contribution in [-0.2, 0) is 24.3 Å². The van der Waals surface area contributed by atoms with Gasteiger partial charge >= 0.3 is 0 Å². The summed E-state index contributed by atoms with van der Waals surface area (Å²) in [6, 6.07) is 12.6. The van der Waals surface area contributed by atoms with E-state index in [9.17, 15) is 14.0 Å². The molecule has 0 spiro atoms. The van der Waals surface area contributed by atoms with Gasteiger partial charge in [0.1, 0.15) is 22.9 Å². The molecule has 148 valence electrons. The predicted octanol–water partition coefficient (Wildman–Crippen LogP) is 3.94. The molecule has 2 heterocycles. The first-order valence-corrected chi connectivity index (χ1v) is 10.2. The maximum Gasteiger partial charge on any atom is 0.272 e. The highest BCUT2D eigenvalue weighted by molar-refractivity contribution is 7.25. The third kappa shape index (κ3) is 3.65. The van der Waals surface area contributed by atoms with Gasteiger partial charge < -0.3 is 5.32 Å². The molecule has 0 aliphatic carbocycles. The lowest BCUT2D eigenvalue weighted by Gasteiger charge is -2.12. The molecule has 2 aromatic heterocycles. The van der Waals surface area contributed by atoms with Gasteiger partial charge in [-0.1, -0.05) is 42.8 Å². The molecule has 29 heavy (non-hydrogen) atoms. The van der Waals surface area contributed by atoms with Gasteiger partial charge in [-0.15, -0.1) is 11.3 Å². The third-order valence-corrected chi connectivity index (χ3v) is 5.99. The first kappa shape index (κ1) is 19.3. The number of carbonyl (C=O) groups excluding carboxylic acids is 1. The highest BCUT2D eigenvalue weighted by atomic mass is 32.1. The first-order chi connectivity index (χ1) is 14.0. The zero-order valence-electron chi connectivity index (χ0n) is 16.2. The van der Waals surface area contributed by atoms with E-state index in [0.717, 1.165) is 11.1 Å². The first-order valence-electron chi connectivity index (χ1n) is 9.40. The molecule has 0 aliphatic heterocycles. The fraction of sp³-hybridized carbons (Fsp3) is 0.227. The second-order valence-electron chi connectivity index (χ2n) is 6.93. The topological polar surface area (TPSA) is 64.0 Å². The van der Waals surface area contributed by atoms with Gasteiger partial charge in [-0.3, -0.25) is 14.2 Å². The van der Waals surface area contributed by atoms with Crippen molar-refractivity contribution in [3.05, 3.63) is 75.6 Å². The van der Waals surface area contributed by atoms with Gasteiger partial charge in [0, 0.05) is 17.7 Å². The Morgan fingerprint density at radius 3 is 2.69 bits per heavy atom. The Bertz CT molecular complexity index is 1280. The van der Waals surface area contributed by atoms with E-state index in [4.69, 9.17) is 0 Å². The van der Waals surface area contributed by atoms with Crippen LogP contribution in [0.25, 0.3) is 20.3 Å². The van der Waals surface area contributed by atoms with Crippen molar-refractivity contribution in [1.82, 2.24) is 14.9 Å². The molecule has 0 fully saturated rings. The van der Waals surface area contributed by atoms with E-state index < -0.39 is 5.82 Å². The van der Waals surface area contributed by atoms with E-state index >= 15 is 0 Å². The van der Waals surface area contributed by atoms with Gasteiger partial charge in [-0.2, -0.15) is 0 Å². The van der Waals surface area contributed by atoms with Gasteiger partial charge in [0.05, 0.1) is 10.9 Å². The highest BCUT2D eigenvalue weighted by Crippen LogP contribution is 2.32. The van der Waals surface area contributed by atoms with Crippen molar-refractivity contribution in [2.45, 2.75) is 33.4 Å². The maximum atomic E-state index is 14.3. The average molecular weight is 409 g/mol. The molecule has 7 heteroatoms. The summed E-state index contributed by atoms with van der Waals surface area (Å²) >= 11 is 1.21. The van der Waals surface area contributed by atoms with Crippen LogP contribution < -0.4 is 10.9 Å². The zero-order chi connectivity index (χ0) is 20.5. The fourth-order valence-corrected chi connectivity index (χ4v) is 4.42. The van der Waals surface area contributed by atoms with Crippen LogP contribution in [0.5, 0.6) is 0 Å². The number of nitrogens with one attached hydrogen (secondary N) is 1. The molecule has 0 saturated heterocycles. The summed E-state index contributed by atoms with van der Waals surface area (Å²) in [6.07, 6.45) is 0.461. The Balaban J connectivity index is 1.66. The van der Waals surface area contributed by atoms with Crippen molar-refractivity contribution >= 4 is 37.5 Å². The van der Waals surface area contributed by atoms with Crippen LogP contribution in [0.4, 0.5) is 4.39 Å². The smallest absolute Gasteiger partial charge is 0.272 e. The van der Waals surface area contributed by atoms with E-state index in [0.29, 0.717) is 39.1 Å². The molecule has 0 unspecified atom stereocenters. The number of halogens is 1. The number of aryl methyl sites for hydroxylation is 2. The summed E-state index contributed by atoms with van der Waals surface area (Å²) in [4.78, 5) is 30.1. The molecule has 4 rings (SSSR count). The lowest BCUT2D eigenvalue weighted by molar-refractivity contribution is -0.121. The Kier molecular flexibility index (Phi) is 5.15. The van der Waals surface area contributed by atoms with Crippen molar-refractivity contribution < 1.29 is 9.18 Å². The largest absolute Gasteiger partial charge is 0.350 e. The van der Waals surface area contributed by atoms with Crippen molar-refractivity contribution in [1.29, 1.82) is 0 Å². The number of amides is 1. The summed E-state index contributed by atoms with van der Waals surface area (Å²) in [5.41, 5.74) is 2.21. The van der Waals surface area contributed by atoms with Gasteiger partial charge in [-0.25, -0.2) is 9.37 Å². The molecule has 2 aromatic carbocycles. The van der Waals surface area contributed by atoms with E-state index in [1.165, 1.54) is 22.0 Å². The summed E-state index contributed by atoms with van der Waals surface area (Å²) in [7, 11) is 0. The fourth-order valence-electron chi connectivity index (χ4n) is 3.31. The summed E-state index contributed by atoms with van der Waals surface area (Å²) < 4.78 is 16.7. The van der Waals surface area contributed by atoms with E-state index in [1.54, 1.807) is 12.1 Å². The van der Waals surface area contributed by atoms with Crippen molar-refractivity contribution in [3.8, 4) is 0 Å². The van der Waals surface area contributed by atoms with Crippen LogP contribution >= 0.6 is 11.3 Å². The lowest BCUT2D eigenvalue weighted by atomic mass is 10.1. The second-order valence-corrected chi connectivity index (χ2v) is 7.98. The van der Waals surface area contributed by atoms with Crippen molar-refractivity contribution in [2.24, 2.45) is 0 Å². The SMILES string of the molecule is CCc1nc2c(sc3cccc(F)c32)c(=O)n1CC(=O)NCc1ccc(C)cc1. The number of benzene rings is 2. The van der Waals surface area contributed by atoms with Crippen LogP contribution in [0.15, 0.2) is 47.3 Å². The van der Waals surface area contributed by atoms with Gasteiger partial charge in [0.25, 0.3) is 5.56 Å². The highest BCUT2D eigenvalue weighted by Gasteiger charge is 2.18. The predicted molar refractivity (Wildman–Crippen MR) is 114 cm³/mol. The molecular formula is C22H20FN3O2S. The molecule has 1 N–H and O–H groups in total.